The van der Waals surface area contributed by atoms with E-state index in [2.05, 4.69) is 4.74 Å². The van der Waals surface area contributed by atoms with E-state index in [1.165, 1.54) is 7.11 Å². The van der Waals surface area contributed by atoms with Crippen LogP contribution in [0.2, 0.25) is 0 Å². The second-order valence-electron chi connectivity index (χ2n) is 4.11. The number of nitrogens with two attached hydrogens (primary N) is 1. The van der Waals surface area contributed by atoms with Crippen LogP contribution in [0.25, 0.3) is 0 Å². The number of hydrogen-bond acceptors (Lipinski definition) is 5. The molecular formula is C12H16N2O3. The molecule has 0 bridgehead atoms. The molecule has 0 amide bonds. The molecule has 1 aromatic carbocycles. The summed E-state index contributed by atoms with van der Waals surface area (Å²) in [6.45, 7) is 2.84. The van der Waals surface area contributed by atoms with Crippen molar-refractivity contribution in [1.29, 1.82) is 0 Å². The first kappa shape index (κ1) is 11.6. The fourth-order valence-electron chi connectivity index (χ4n) is 1.92. The van der Waals surface area contributed by atoms with Gasteiger partial charge < -0.3 is 20.1 Å². The van der Waals surface area contributed by atoms with Gasteiger partial charge in [0.15, 0.2) is 0 Å². The third-order valence-electron chi connectivity index (χ3n) is 2.68. The molecule has 2 N–H and O–H groups in total. The van der Waals surface area contributed by atoms with Crippen molar-refractivity contribution in [3.8, 4) is 5.75 Å². The van der Waals surface area contributed by atoms with Gasteiger partial charge in [0.2, 0.25) is 0 Å². The zero-order valence-corrected chi connectivity index (χ0v) is 9.97. The number of carbonyl (C=O) groups is 1. The molecule has 0 saturated heterocycles. The van der Waals surface area contributed by atoms with E-state index in [-0.39, 0.29) is 18.6 Å². The topological polar surface area (TPSA) is 64.8 Å². The Morgan fingerprint density at radius 1 is 1.65 bits per heavy atom. The summed E-state index contributed by atoms with van der Waals surface area (Å²) >= 11 is 0. The predicted octanol–water partition coefficient (Wildman–Crippen LogP) is 1.03. The summed E-state index contributed by atoms with van der Waals surface area (Å²) in [5.41, 5.74) is 7.24. The molecule has 17 heavy (non-hydrogen) atoms. The molecule has 92 valence electrons. The molecule has 5 heteroatoms. The second kappa shape index (κ2) is 4.53. The normalized spacial score (nSPS) is 18.2. The minimum absolute atomic E-state index is 0.0222. The Hall–Kier alpha value is -1.91. The van der Waals surface area contributed by atoms with Gasteiger partial charge in [-0.2, -0.15) is 0 Å². The van der Waals surface area contributed by atoms with Gasteiger partial charge in [-0.15, -0.1) is 0 Å². The van der Waals surface area contributed by atoms with E-state index >= 15 is 0 Å². The quantitative estimate of drug-likeness (QED) is 0.613. The van der Waals surface area contributed by atoms with Crippen molar-refractivity contribution >= 4 is 17.3 Å². The first-order valence-corrected chi connectivity index (χ1v) is 5.48. The molecule has 1 unspecified atom stereocenters. The monoisotopic (exact) mass is 236 g/mol. The average Bonchev–Trinajstić information content (AvgIpc) is 2.27. The summed E-state index contributed by atoms with van der Waals surface area (Å²) in [5, 5.41) is 0. The maximum atomic E-state index is 11.3. The lowest BCUT2D eigenvalue weighted by Gasteiger charge is -2.34. The highest BCUT2D eigenvalue weighted by molar-refractivity contribution is 5.78. The van der Waals surface area contributed by atoms with E-state index in [1.54, 1.807) is 12.1 Å². The second-order valence-corrected chi connectivity index (χ2v) is 4.11. The van der Waals surface area contributed by atoms with Gasteiger partial charge in [0.25, 0.3) is 0 Å². The van der Waals surface area contributed by atoms with Crippen molar-refractivity contribution in [2.24, 2.45) is 0 Å². The number of carbonyl (C=O) groups excluding carboxylic acids is 1. The Kier molecular flexibility index (Phi) is 3.08. The highest BCUT2D eigenvalue weighted by Crippen LogP contribution is 2.34. The van der Waals surface area contributed by atoms with Crippen LogP contribution in [0.15, 0.2) is 18.2 Å². The van der Waals surface area contributed by atoms with Crippen molar-refractivity contribution in [1.82, 2.24) is 0 Å². The summed E-state index contributed by atoms with van der Waals surface area (Å²) in [5.74, 6) is 0.453. The minimum atomic E-state index is -0.262. The number of nitrogens with zero attached hydrogens (tertiary/aromatic N) is 1. The third-order valence-corrected chi connectivity index (χ3v) is 2.68. The Morgan fingerprint density at radius 2 is 2.41 bits per heavy atom. The number of hydrogen-bond donors (Lipinski definition) is 1. The molecule has 1 aromatic rings. The molecule has 0 fully saturated rings. The summed E-state index contributed by atoms with van der Waals surface area (Å²) in [4.78, 5) is 13.3. The molecule has 2 rings (SSSR count). The third kappa shape index (κ3) is 2.43. The van der Waals surface area contributed by atoms with Gasteiger partial charge >= 0.3 is 5.97 Å². The maximum Gasteiger partial charge on any atom is 0.325 e. The summed E-state index contributed by atoms with van der Waals surface area (Å²) in [6, 6.07) is 5.43. The highest BCUT2D eigenvalue weighted by atomic mass is 16.5. The van der Waals surface area contributed by atoms with E-state index in [9.17, 15) is 4.79 Å². The molecule has 0 saturated carbocycles. The van der Waals surface area contributed by atoms with Crippen LogP contribution in [0.5, 0.6) is 5.75 Å². The Balaban J connectivity index is 2.27. The number of benzene rings is 1. The molecule has 5 nitrogen and oxygen atoms in total. The number of fused-ring (bicyclic) bond motifs is 1. The number of nitrogen functional groups attached to an aromatic ring is 1. The lowest BCUT2D eigenvalue weighted by Crippen LogP contribution is -2.41. The number of ether oxygens (including phenoxy) is 2. The molecule has 1 aliphatic rings. The van der Waals surface area contributed by atoms with Crippen molar-refractivity contribution in [2.75, 3.05) is 30.8 Å². The van der Waals surface area contributed by atoms with E-state index in [1.807, 2.05) is 17.9 Å². The van der Waals surface area contributed by atoms with E-state index in [0.29, 0.717) is 18.0 Å². The number of rotatable bonds is 2. The SMILES string of the molecule is COC(=O)CN1CC(C)Oc2cc(N)ccc21. The smallest absolute Gasteiger partial charge is 0.325 e. The Bertz CT molecular complexity index is 434. The van der Waals surface area contributed by atoms with Crippen molar-refractivity contribution in [3.63, 3.8) is 0 Å². The molecular weight excluding hydrogens is 220 g/mol. The summed E-state index contributed by atoms with van der Waals surface area (Å²) < 4.78 is 10.4. The number of anilines is 2. The fraction of sp³-hybridized carbons (Fsp3) is 0.417. The van der Waals surface area contributed by atoms with Gasteiger partial charge in [-0.1, -0.05) is 0 Å². The Labute approximate surface area is 100 Å². The molecule has 1 heterocycles. The van der Waals surface area contributed by atoms with Crippen LogP contribution in [0, 0.1) is 0 Å². The van der Waals surface area contributed by atoms with E-state index in [4.69, 9.17) is 10.5 Å². The fourth-order valence-corrected chi connectivity index (χ4v) is 1.92. The molecule has 1 atom stereocenters. The molecule has 0 spiro atoms. The zero-order chi connectivity index (χ0) is 12.4. The first-order valence-electron chi connectivity index (χ1n) is 5.48. The van der Waals surface area contributed by atoms with Crippen LogP contribution in [0.1, 0.15) is 6.92 Å². The van der Waals surface area contributed by atoms with Crippen LogP contribution < -0.4 is 15.4 Å². The zero-order valence-electron chi connectivity index (χ0n) is 9.97. The molecule has 0 aliphatic carbocycles. The molecule has 1 aliphatic heterocycles. The Morgan fingerprint density at radius 3 is 3.12 bits per heavy atom. The first-order chi connectivity index (χ1) is 8.10. The van der Waals surface area contributed by atoms with Crippen LogP contribution in [0.4, 0.5) is 11.4 Å². The average molecular weight is 236 g/mol. The van der Waals surface area contributed by atoms with Crippen LogP contribution in [0.3, 0.4) is 0 Å². The maximum absolute atomic E-state index is 11.3. The van der Waals surface area contributed by atoms with Crippen LogP contribution in [-0.4, -0.2) is 32.3 Å². The van der Waals surface area contributed by atoms with Gasteiger partial charge in [-0.25, -0.2) is 0 Å². The highest BCUT2D eigenvalue weighted by Gasteiger charge is 2.24. The van der Waals surface area contributed by atoms with E-state index in [0.717, 1.165) is 5.69 Å². The van der Waals surface area contributed by atoms with Gasteiger partial charge in [-0.3, -0.25) is 4.79 Å². The van der Waals surface area contributed by atoms with Crippen LogP contribution >= 0.6 is 0 Å². The lowest BCUT2D eigenvalue weighted by atomic mass is 10.2. The predicted molar refractivity (Wildman–Crippen MR) is 65.2 cm³/mol. The van der Waals surface area contributed by atoms with Crippen LogP contribution in [-0.2, 0) is 9.53 Å². The molecule has 0 radical (unpaired) electrons. The minimum Gasteiger partial charge on any atom is -0.487 e. The van der Waals surface area contributed by atoms with Crippen molar-refractivity contribution in [2.45, 2.75) is 13.0 Å². The van der Waals surface area contributed by atoms with Crippen molar-refractivity contribution in [3.05, 3.63) is 18.2 Å². The lowest BCUT2D eigenvalue weighted by molar-refractivity contribution is -0.139. The number of esters is 1. The largest absolute Gasteiger partial charge is 0.487 e. The van der Waals surface area contributed by atoms with Crippen molar-refractivity contribution < 1.29 is 14.3 Å². The standard InChI is InChI=1S/C12H16N2O3/c1-8-6-14(7-12(15)16-2)10-4-3-9(13)5-11(10)17-8/h3-5,8H,6-7,13H2,1-2H3. The number of methoxy groups -OCH3 is 1. The van der Waals surface area contributed by atoms with Gasteiger partial charge in [0.1, 0.15) is 18.4 Å². The van der Waals surface area contributed by atoms with Gasteiger partial charge in [0.05, 0.1) is 19.3 Å². The molecule has 0 aromatic heterocycles. The van der Waals surface area contributed by atoms with Gasteiger partial charge in [-0.05, 0) is 19.1 Å². The summed E-state index contributed by atoms with van der Waals surface area (Å²) in [6.07, 6.45) is 0.0222. The van der Waals surface area contributed by atoms with E-state index < -0.39 is 0 Å². The van der Waals surface area contributed by atoms with Gasteiger partial charge in [0, 0.05) is 11.8 Å². The summed E-state index contributed by atoms with van der Waals surface area (Å²) in [7, 11) is 1.39.